The lowest BCUT2D eigenvalue weighted by molar-refractivity contribution is 0.0692. The molecule has 2 amide bonds. The molecule has 0 bridgehead atoms. The van der Waals surface area contributed by atoms with Crippen molar-refractivity contribution in [3.63, 3.8) is 0 Å². The van der Waals surface area contributed by atoms with E-state index in [4.69, 9.17) is 5.11 Å². The first-order valence-corrected chi connectivity index (χ1v) is 14.5. The van der Waals surface area contributed by atoms with Crippen LogP contribution in [-0.4, -0.2) is 63.7 Å². The van der Waals surface area contributed by atoms with Crippen LogP contribution >= 0.6 is 0 Å². The summed E-state index contributed by atoms with van der Waals surface area (Å²) in [5, 5.41) is 11.2. The average molecular weight is 603 g/mol. The summed E-state index contributed by atoms with van der Waals surface area (Å²) in [6, 6.07) is 5.56. The number of anilines is 2. The van der Waals surface area contributed by atoms with Crippen LogP contribution in [-0.2, 0) is 17.1 Å². The lowest BCUT2D eigenvalue weighted by atomic mass is 9.95. The molecule has 16 heteroatoms. The predicted molar refractivity (Wildman–Crippen MR) is 154 cm³/mol. The summed E-state index contributed by atoms with van der Waals surface area (Å²) >= 11 is 0. The van der Waals surface area contributed by atoms with Gasteiger partial charge in [0, 0.05) is 38.6 Å². The number of rotatable bonds is 6. The fraction of sp³-hybridized carbons (Fsp3) is 0.423. The summed E-state index contributed by atoms with van der Waals surface area (Å²) < 4.78 is 28.9. The number of carboxylic acids is 1. The molecule has 0 saturated heterocycles. The highest BCUT2D eigenvalue weighted by Crippen LogP contribution is 2.25. The number of hydrogen-bond acceptors (Lipinski definition) is 10. The Morgan fingerprint density at radius 3 is 2.17 bits per heavy atom. The van der Waals surface area contributed by atoms with Crippen LogP contribution in [0.3, 0.4) is 0 Å². The van der Waals surface area contributed by atoms with Crippen LogP contribution in [0.1, 0.15) is 59.9 Å². The lowest BCUT2D eigenvalue weighted by Gasteiger charge is -2.24. The normalized spacial score (nSPS) is 13.5. The highest BCUT2D eigenvalue weighted by atomic mass is 32.2. The summed E-state index contributed by atoms with van der Waals surface area (Å²) in [4.78, 5) is 60.3. The van der Waals surface area contributed by atoms with Crippen molar-refractivity contribution in [2.45, 2.75) is 56.9 Å². The molecule has 2 heterocycles. The zero-order valence-electron chi connectivity index (χ0n) is 24.0. The Hall–Kier alpha value is -4.60. The number of carbonyl (C=O) groups excluding carboxylic acids is 1. The van der Waals surface area contributed by atoms with Gasteiger partial charge in [-0.1, -0.05) is 31.4 Å². The maximum Gasteiger partial charge on any atom is 0.355 e. The number of urea groups is 1. The monoisotopic (exact) mass is 602 g/mol. The minimum atomic E-state index is -4.37. The van der Waals surface area contributed by atoms with Crippen LogP contribution in [0.5, 0.6) is 0 Å². The van der Waals surface area contributed by atoms with Gasteiger partial charge < -0.3 is 10.0 Å². The Balaban J connectivity index is 0.000000240. The lowest BCUT2D eigenvalue weighted by Crippen LogP contribution is -2.45. The minimum absolute atomic E-state index is 0.0219. The van der Waals surface area contributed by atoms with E-state index in [0.29, 0.717) is 17.3 Å². The van der Waals surface area contributed by atoms with E-state index >= 15 is 0 Å². The van der Waals surface area contributed by atoms with E-state index < -0.39 is 38.2 Å². The van der Waals surface area contributed by atoms with Crippen LogP contribution in [0, 0.1) is 13.8 Å². The standard InChI is InChI=1S/C14H14N4O5S.C12H20N4O2/c1-8-7-9(2)16-13(15-8)17-14(21)18-24(22,23)11-6-4-3-5-10(11)12(19)20;1-14(2)10-13-11(17)16(12(18)15(10)3)9-7-5-4-6-8-9/h3-7H,1-2H3,(H,19,20)(H2,15,16,17,18,21);9H,4-8H2,1-3H3. The molecule has 1 aromatic carbocycles. The molecule has 1 aliphatic rings. The van der Waals surface area contributed by atoms with Gasteiger partial charge in [0.1, 0.15) is 4.90 Å². The van der Waals surface area contributed by atoms with Crippen molar-refractivity contribution in [2.24, 2.45) is 7.05 Å². The second-order valence-electron chi connectivity index (χ2n) is 9.93. The van der Waals surface area contributed by atoms with Gasteiger partial charge in [0.25, 0.3) is 10.0 Å². The fourth-order valence-electron chi connectivity index (χ4n) is 4.56. The zero-order chi connectivity index (χ0) is 31.2. The van der Waals surface area contributed by atoms with Crippen LogP contribution < -0.4 is 26.3 Å². The number of aromatic nitrogens is 5. The molecule has 15 nitrogen and oxygen atoms in total. The summed E-state index contributed by atoms with van der Waals surface area (Å²) in [6.45, 7) is 3.38. The molecule has 0 spiro atoms. The molecule has 1 fully saturated rings. The number of benzene rings is 1. The number of sulfonamides is 1. The average Bonchev–Trinajstić information content (AvgIpc) is 2.90. The van der Waals surface area contributed by atoms with Gasteiger partial charge in [0.05, 0.1) is 5.56 Å². The summed E-state index contributed by atoms with van der Waals surface area (Å²) in [7, 11) is 0.822. The predicted octanol–water partition coefficient (Wildman–Crippen LogP) is 1.82. The number of hydrogen-bond donors (Lipinski definition) is 3. The number of aryl methyl sites for hydroxylation is 2. The highest BCUT2D eigenvalue weighted by molar-refractivity contribution is 7.90. The van der Waals surface area contributed by atoms with Crippen molar-refractivity contribution in [3.05, 3.63) is 68.3 Å². The van der Waals surface area contributed by atoms with Crippen molar-refractivity contribution in [2.75, 3.05) is 24.3 Å². The van der Waals surface area contributed by atoms with Crippen LogP contribution in [0.4, 0.5) is 16.7 Å². The SMILES string of the molecule is CN(C)c1nc(=O)n(C2CCCCC2)c(=O)n1C.Cc1cc(C)nc(NC(=O)NS(=O)(=O)c2ccccc2C(=O)O)n1. The number of nitrogens with zero attached hydrogens (tertiary/aromatic N) is 6. The smallest absolute Gasteiger partial charge is 0.355 e. The third kappa shape index (κ3) is 7.78. The van der Waals surface area contributed by atoms with Gasteiger partial charge in [0.2, 0.25) is 11.9 Å². The molecule has 0 atom stereocenters. The molecule has 1 saturated carbocycles. The quantitative estimate of drug-likeness (QED) is 0.372. The molecule has 42 heavy (non-hydrogen) atoms. The number of aromatic carboxylic acids is 1. The van der Waals surface area contributed by atoms with E-state index in [2.05, 4.69) is 20.3 Å². The van der Waals surface area contributed by atoms with Crippen molar-refractivity contribution in [1.29, 1.82) is 0 Å². The van der Waals surface area contributed by atoms with E-state index in [9.17, 15) is 27.6 Å². The number of carboxylic acid groups (broad SMARTS) is 1. The van der Waals surface area contributed by atoms with Gasteiger partial charge in [-0.15, -0.1) is 0 Å². The Morgan fingerprint density at radius 1 is 1.00 bits per heavy atom. The summed E-state index contributed by atoms with van der Waals surface area (Å²) in [5.74, 6) is -1.09. The first kappa shape index (κ1) is 31.9. The maximum atomic E-state index is 12.3. The van der Waals surface area contributed by atoms with Gasteiger partial charge in [-0.05, 0) is 44.9 Å². The Kier molecular flexibility index (Phi) is 10.2. The summed E-state index contributed by atoms with van der Waals surface area (Å²) in [6.07, 6.45) is 5.15. The van der Waals surface area contributed by atoms with E-state index in [1.165, 1.54) is 27.7 Å². The van der Waals surface area contributed by atoms with Crippen LogP contribution in [0.25, 0.3) is 0 Å². The second-order valence-corrected chi connectivity index (χ2v) is 11.6. The zero-order valence-corrected chi connectivity index (χ0v) is 24.8. The highest BCUT2D eigenvalue weighted by Gasteiger charge is 2.24. The molecule has 0 unspecified atom stereocenters. The van der Waals surface area contributed by atoms with Crippen LogP contribution in [0.2, 0.25) is 0 Å². The van der Waals surface area contributed by atoms with Gasteiger partial charge in [-0.3, -0.25) is 9.88 Å². The van der Waals surface area contributed by atoms with Gasteiger partial charge >= 0.3 is 23.4 Å². The maximum absolute atomic E-state index is 12.3. The summed E-state index contributed by atoms with van der Waals surface area (Å²) in [5.41, 5.74) is 0.0634. The first-order valence-electron chi connectivity index (χ1n) is 13.1. The molecule has 0 radical (unpaired) electrons. The second kappa shape index (κ2) is 13.4. The van der Waals surface area contributed by atoms with Crippen molar-refractivity contribution in [1.82, 2.24) is 28.8 Å². The molecular weight excluding hydrogens is 568 g/mol. The molecule has 226 valence electrons. The van der Waals surface area contributed by atoms with E-state index in [-0.39, 0.29) is 17.7 Å². The van der Waals surface area contributed by atoms with E-state index in [1.54, 1.807) is 50.7 Å². The topological polar surface area (TPSA) is 198 Å². The van der Waals surface area contributed by atoms with E-state index in [0.717, 1.165) is 37.8 Å². The largest absolute Gasteiger partial charge is 0.478 e. The van der Waals surface area contributed by atoms with E-state index in [1.807, 2.05) is 0 Å². The number of amides is 2. The molecular formula is C26H34N8O7S. The molecule has 1 aliphatic carbocycles. The Morgan fingerprint density at radius 2 is 1.60 bits per heavy atom. The molecule has 2 aromatic heterocycles. The fourth-order valence-corrected chi connectivity index (χ4v) is 5.67. The molecule has 4 rings (SSSR count). The first-order chi connectivity index (χ1) is 19.7. The van der Waals surface area contributed by atoms with Gasteiger partial charge in [0.15, 0.2) is 0 Å². The number of nitrogens with one attached hydrogen (secondary N) is 2. The van der Waals surface area contributed by atoms with Crippen molar-refractivity contribution in [3.8, 4) is 0 Å². The minimum Gasteiger partial charge on any atom is -0.478 e. The molecule has 0 aliphatic heterocycles. The van der Waals surface area contributed by atoms with Gasteiger partial charge in [-0.2, -0.15) is 4.98 Å². The third-order valence-corrected chi connectivity index (χ3v) is 7.77. The molecule has 3 N–H and O–H groups in total. The van der Waals surface area contributed by atoms with Gasteiger partial charge in [-0.25, -0.2) is 46.9 Å². The third-order valence-electron chi connectivity index (χ3n) is 6.38. The number of carbonyl (C=O) groups is 2. The Labute approximate surface area is 242 Å². The molecule has 3 aromatic rings. The Bertz CT molecular complexity index is 1670. The van der Waals surface area contributed by atoms with Crippen LogP contribution in [0.15, 0.2) is 44.8 Å². The van der Waals surface area contributed by atoms with Crippen molar-refractivity contribution >= 4 is 33.9 Å². The van der Waals surface area contributed by atoms with Crippen molar-refractivity contribution < 1.29 is 23.1 Å².